The summed E-state index contributed by atoms with van der Waals surface area (Å²) in [5.74, 6) is -1.16. The molecule has 2 aromatic carbocycles. The van der Waals surface area contributed by atoms with Crippen molar-refractivity contribution in [2.24, 2.45) is 0 Å². The second kappa shape index (κ2) is 9.30. The van der Waals surface area contributed by atoms with E-state index in [9.17, 15) is 18.3 Å². The van der Waals surface area contributed by atoms with Crippen LogP contribution >= 0.6 is 11.3 Å². The van der Waals surface area contributed by atoms with Crippen LogP contribution < -0.4 is 4.72 Å². The van der Waals surface area contributed by atoms with Gasteiger partial charge in [0.15, 0.2) is 0 Å². The Morgan fingerprint density at radius 1 is 1.13 bits per heavy atom. The smallest absolute Gasteiger partial charge is 0.336 e. The minimum Gasteiger partial charge on any atom is -0.478 e. The molecular formula is C23H26N2O4S2. The van der Waals surface area contributed by atoms with Crippen molar-refractivity contribution in [2.45, 2.75) is 44.9 Å². The Morgan fingerprint density at radius 3 is 2.42 bits per heavy atom. The number of carboxylic acids is 1. The van der Waals surface area contributed by atoms with Crippen LogP contribution in [0, 0.1) is 13.8 Å². The standard InChI is InChI=1S/C23H26N2O4S2/c1-14(2)19-10-9-18(13-20(19)23(26)27)31(28,29)24-12-11-21-16(4)30-22(25-21)17-7-5-15(3)6-8-17/h5-10,13-14,24H,11-12H2,1-4H3,(H,26,27). The molecule has 0 atom stereocenters. The molecule has 0 fully saturated rings. The number of benzene rings is 2. The molecule has 0 amide bonds. The molecule has 0 aliphatic rings. The molecule has 0 aliphatic carbocycles. The van der Waals surface area contributed by atoms with Crippen LogP contribution in [0.3, 0.4) is 0 Å². The molecule has 8 heteroatoms. The van der Waals surface area contributed by atoms with Gasteiger partial charge >= 0.3 is 5.97 Å². The summed E-state index contributed by atoms with van der Waals surface area (Å²) in [7, 11) is -3.83. The van der Waals surface area contributed by atoms with Crippen LogP contribution in [0.25, 0.3) is 10.6 Å². The molecule has 0 bridgehead atoms. The number of aromatic nitrogens is 1. The quantitative estimate of drug-likeness (QED) is 0.507. The Kier molecular flexibility index (Phi) is 6.93. The van der Waals surface area contributed by atoms with E-state index >= 15 is 0 Å². The van der Waals surface area contributed by atoms with Crippen LogP contribution in [0.5, 0.6) is 0 Å². The summed E-state index contributed by atoms with van der Waals surface area (Å²) in [6.07, 6.45) is 0.448. The third-order valence-electron chi connectivity index (χ3n) is 5.03. The van der Waals surface area contributed by atoms with Gasteiger partial charge in [-0.05, 0) is 37.5 Å². The van der Waals surface area contributed by atoms with Crippen molar-refractivity contribution in [2.75, 3.05) is 6.54 Å². The molecule has 31 heavy (non-hydrogen) atoms. The van der Waals surface area contributed by atoms with Crippen molar-refractivity contribution in [1.82, 2.24) is 9.71 Å². The third-order valence-corrected chi connectivity index (χ3v) is 7.55. The van der Waals surface area contributed by atoms with Gasteiger partial charge in [-0.3, -0.25) is 0 Å². The lowest BCUT2D eigenvalue weighted by Gasteiger charge is -2.12. The van der Waals surface area contributed by atoms with E-state index in [-0.39, 0.29) is 22.9 Å². The van der Waals surface area contributed by atoms with E-state index < -0.39 is 16.0 Å². The molecule has 3 rings (SSSR count). The maximum Gasteiger partial charge on any atom is 0.336 e. The molecule has 0 saturated heterocycles. The van der Waals surface area contributed by atoms with Crippen LogP contribution in [0.1, 0.15) is 51.8 Å². The molecule has 0 spiro atoms. The number of hydrogen-bond acceptors (Lipinski definition) is 5. The van der Waals surface area contributed by atoms with Gasteiger partial charge in [0.1, 0.15) is 5.01 Å². The number of aryl methyl sites for hydroxylation is 2. The number of thiazole rings is 1. The summed E-state index contributed by atoms with van der Waals surface area (Å²) in [6.45, 7) is 7.92. The van der Waals surface area contributed by atoms with E-state index in [4.69, 9.17) is 0 Å². The predicted molar refractivity (Wildman–Crippen MR) is 123 cm³/mol. The maximum atomic E-state index is 12.7. The number of carboxylic acid groups (broad SMARTS) is 1. The van der Waals surface area contributed by atoms with Crippen molar-refractivity contribution >= 4 is 27.3 Å². The summed E-state index contributed by atoms with van der Waals surface area (Å²) in [5.41, 5.74) is 3.69. The van der Waals surface area contributed by atoms with Crippen LogP contribution in [-0.4, -0.2) is 31.0 Å². The number of carbonyl (C=O) groups is 1. The van der Waals surface area contributed by atoms with Gasteiger partial charge in [-0.2, -0.15) is 0 Å². The van der Waals surface area contributed by atoms with E-state index in [1.165, 1.54) is 17.7 Å². The molecule has 164 valence electrons. The van der Waals surface area contributed by atoms with Gasteiger partial charge in [0.05, 0.1) is 16.2 Å². The van der Waals surface area contributed by atoms with Gasteiger partial charge in [-0.15, -0.1) is 11.3 Å². The average molecular weight is 459 g/mol. The van der Waals surface area contributed by atoms with E-state index in [1.807, 2.05) is 52.0 Å². The van der Waals surface area contributed by atoms with Crippen molar-refractivity contribution in [1.29, 1.82) is 0 Å². The lowest BCUT2D eigenvalue weighted by Crippen LogP contribution is -2.26. The lowest BCUT2D eigenvalue weighted by atomic mass is 9.97. The number of aromatic carboxylic acids is 1. The first-order valence-corrected chi connectivity index (χ1v) is 12.3. The highest BCUT2D eigenvalue weighted by Crippen LogP contribution is 2.28. The summed E-state index contributed by atoms with van der Waals surface area (Å²) in [6, 6.07) is 12.4. The second-order valence-electron chi connectivity index (χ2n) is 7.74. The third kappa shape index (κ3) is 5.39. The zero-order valence-electron chi connectivity index (χ0n) is 18.0. The van der Waals surface area contributed by atoms with Gasteiger partial charge in [-0.25, -0.2) is 22.9 Å². The Labute approximate surface area is 187 Å². The number of nitrogens with one attached hydrogen (secondary N) is 1. The molecule has 0 radical (unpaired) electrons. The molecule has 3 aromatic rings. The molecule has 0 aliphatic heterocycles. The number of rotatable bonds is 8. The molecule has 0 saturated carbocycles. The predicted octanol–water partition coefficient (Wildman–Crippen LogP) is 4.77. The van der Waals surface area contributed by atoms with Gasteiger partial charge in [0, 0.05) is 23.4 Å². The summed E-state index contributed by atoms with van der Waals surface area (Å²) >= 11 is 1.58. The normalized spacial score (nSPS) is 11.8. The molecule has 0 unspecified atom stereocenters. The first-order valence-electron chi connectivity index (χ1n) is 9.98. The maximum absolute atomic E-state index is 12.7. The first-order chi connectivity index (χ1) is 14.6. The summed E-state index contributed by atoms with van der Waals surface area (Å²) in [5, 5.41) is 10.4. The highest BCUT2D eigenvalue weighted by Gasteiger charge is 2.20. The fraction of sp³-hybridized carbons (Fsp3) is 0.304. The Bertz CT molecular complexity index is 1200. The second-order valence-corrected chi connectivity index (χ2v) is 10.7. The topological polar surface area (TPSA) is 96.4 Å². The fourth-order valence-electron chi connectivity index (χ4n) is 3.26. The minimum absolute atomic E-state index is 0.0101. The zero-order chi connectivity index (χ0) is 22.8. The number of hydrogen-bond donors (Lipinski definition) is 2. The minimum atomic E-state index is -3.83. The first kappa shape index (κ1) is 23.1. The van der Waals surface area contributed by atoms with Crippen LogP contribution in [0.4, 0.5) is 0 Å². The van der Waals surface area contributed by atoms with E-state index in [0.717, 1.165) is 21.1 Å². The van der Waals surface area contributed by atoms with Crippen molar-refractivity contribution in [3.8, 4) is 10.6 Å². The van der Waals surface area contributed by atoms with Crippen LogP contribution in [0.2, 0.25) is 0 Å². The van der Waals surface area contributed by atoms with Gasteiger partial charge in [0.25, 0.3) is 0 Å². The average Bonchev–Trinajstić information content (AvgIpc) is 3.08. The monoisotopic (exact) mass is 458 g/mol. The number of nitrogens with zero attached hydrogens (tertiary/aromatic N) is 1. The largest absolute Gasteiger partial charge is 0.478 e. The highest BCUT2D eigenvalue weighted by atomic mass is 32.2. The van der Waals surface area contributed by atoms with Crippen molar-refractivity contribution in [3.63, 3.8) is 0 Å². The Morgan fingerprint density at radius 2 is 1.81 bits per heavy atom. The molecule has 6 nitrogen and oxygen atoms in total. The Balaban J connectivity index is 1.72. The highest BCUT2D eigenvalue weighted by molar-refractivity contribution is 7.89. The number of sulfonamides is 1. The van der Waals surface area contributed by atoms with Crippen LogP contribution in [0.15, 0.2) is 47.4 Å². The van der Waals surface area contributed by atoms with Crippen LogP contribution in [-0.2, 0) is 16.4 Å². The summed E-state index contributed by atoms with van der Waals surface area (Å²) in [4.78, 5) is 17.2. The Hall–Kier alpha value is -2.55. The zero-order valence-corrected chi connectivity index (χ0v) is 19.6. The molecule has 2 N–H and O–H groups in total. The molecule has 1 aromatic heterocycles. The lowest BCUT2D eigenvalue weighted by molar-refractivity contribution is 0.0695. The van der Waals surface area contributed by atoms with E-state index in [1.54, 1.807) is 17.4 Å². The molecule has 1 heterocycles. The van der Waals surface area contributed by atoms with E-state index in [0.29, 0.717) is 12.0 Å². The SMILES string of the molecule is Cc1ccc(-c2nc(CCNS(=O)(=O)c3ccc(C(C)C)c(C(=O)O)c3)c(C)s2)cc1. The van der Waals surface area contributed by atoms with Crippen molar-refractivity contribution < 1.29 is 18.3 Å². The van der Waals surface area contributed by atoms with Gasteiger partial charge in [-0.1, -0.05) is 49.7 Å². The van der Waals surface area contributed by atoms with Gasteiger partial charge in [0.2, 0.25) is 10.0 Å². The van der Waals surface area contributed by atoms with E-state index in [2.05, 4.69) is 9.71 Å². The summed E-state index contributed by atoms with van der Waals surface area (Å²) < 4.78 is 28.0. The van der Waals surface area contributed by atoms with Crippen molar-refractivity contribution in [3.05, 3.63) is 69.7 Å². The fourth-order valence-corrected chi connectivity index (χ4v) is 5.28. The van der Waals surface area contributed by atoms with Gasteiger partial charge < -0.3 is 5.11 Å². The molecular weight excluding hydrogens is 432 g/mol.